The van der Waals surface area contributed by atoms with Crippen molar-refractivity contribution in [1.29, 1.82) is 0 Å². The number of rotatable bonds is 2. The summed E-state index contributed by atoms with van der Waals surface area (Å²) in [5, 5.41) is 3.91. The molecule has 3 aliphatic rings. The average Bonchev–Trinajstić information content (AvgIpc) is 2.44. The number of carbonyl (C=O) groups excluding carboxylic acids is 1. The molecule has 2 aliphatic carbocycles. The van der Waals surface area contributed by atoms with Crippen LogP contribution in [0.3, 0.4) is 0 Å². The van der Waals surface area contributed by atoms with E-state index >= 15 is 0 Å². The number of nitrogens with one attached hydrogen (secondary N) is 1. The lowest BCUT2D eigenvalue weighted by Crippen LogP contribution is -2.64. The minimum atomic E-state index is -0.404. The van der Waals surface area contributed by atoms with Crippen molar-refractivity contribution in [2.75, 3.05) is 6.54 Å². The first-order valence-corrected chi connectivity index (χ1v) is 9.65. The highest BCUT2D eigenvalue weighted by molar-refractivity contribution is 5.69. The predicted molar refractivity (Wildman–Crippen MR) is 92.6 cm³/mol. The van der Waals surface area contributed by atoms with E-state index < -0.39 is 5.60 Å². The van der Waals surface area contributed by atoms with Crippen molar-refractivity contribution in [3.63, 3.8) is 0 Å². The third kappa shape index (κ3) is 4.01. The molecule has 1 spiro atoms. The second kappa shape index (κ2) is 6.62. The normalized spacial score (nSPS) is 28.5. The fraction of sp³-hybridized carbons (Fsp3) is 0.947. The standard InChI is InChI=1S/C19H34N2O2/c1-18(2,3)23-17(22)21-13-10-16(14-19(21)11-7-12-19)20-15-8-5-4-6-9-15/h15-16,20H,4-14H2,1-3H3. The van der Waals surface area contributed by atoms with Crippen LogP contribution in [0.1, 0.15) is 85.0 Å². The maximum absolute atomic E-state index is 12.6. The van der Waals surface area contributed by atoms with Gasteiger partial charge in [-0.1, -0.05) is 19.3 Å². The van der Waals surface area contributed by atoms with Gasteiger partial charge in [0.05, 0.1) is 0 Å². The molecule has 3 fully saturated rings. The van der Waals surface area contributed by atoms with Gasteiger partial charge in [-0.2, -0.15) is 0 Å². The fourth-order valence-corrected chi connectivity index (χ4v) is 4.60. The summed E-state index contributed by atoms with van der Waals surface area (Å²) in [4.78, 5) is 14.7. The van der Waals surface area contributed by atoms with Gasteiger partial charge in [-0.25, -0.2) is 4.79 Å². The molecular weight excluding hydrogens is 288 g/mol. The minimum Gasteiger partial charge on any atom is -0.444 e. The van der Waals surface area contributed by atoms with Crippen LogP contribution in [0.15, 0.2) is 0 Å². The molecule has 0 aromatic heterocycles. The summed E-state index contributed by atoms with van der Waals surface area (Å²) in [6.07, 6.45) is 12.4. The number of nitrogens with zero attached hydrogens (tertiary/aromatic N) is 1. The Kier molecular flexibility index (Phi) is 4.91. The molecule has 2 saturated carbocycles. The molecule has 4 nitrogen and oxygen atoms in total. The lowest BCUT2D eigenvalue weighted by molar-refractivity contribution is -0.0503. The molecule has 1 heterocycles. The molecule has 1 amide bonds. The zero-order valence-electron chi connectivity index (χ0n) is 15.2. The summed E-state index contributed by atoms with van der Waals surface area (Å²) >= 11 is 0. The number of carbonyl (C=O) groups is 1. The van der Waals surface area contributed by atoms with E-state index in [0.29, 0.717) is 12.1 Å². The molecule has 1 atom stereocenters. The average molecular weight is 322 g/mol. The minimum absolute atomic E-state index is 0.0763. The monoisotopic (exact) mass is 322 g/mol. The van der Waals surface area contributed by atoms with Gasteiger partial charge in [-0.3, -0.25) is 0 Å². The van der Waals surface area contributed by atoms with Gasteiger partial charge in [-0.05, 0) is 65.7 Å². The molecule has 1 saturated heterocycles. The van der Waals surface area contributed by atoms with E-state index in [9.17, 15) is 4.79 Å². The quantitative estimate of drug-likeness (QED) is 0.827. The van der Waals surface area contributed by atoms with E-state index in [1.165, 1.54) is 38.5 Å². The molecule has 1 unspecified atom stereocenters. The Morgan fingerprint density at radius 1 is 1.04 bits per heavy atom. The molecule has 0 radical (unpaired) electrons. The van der Waals surface area contributed by atoms with Gasteiger partial charge in [-0.15, -0.1) is 0 Å². The predicted octanol–water partition coefficient (Wildman–Crippen LogP) is 4.23. The van der Waals surface area contributed by atoms with Crippen molar-refractivity contribution in [2.24, 2.45) is 0 Å². The van der Waals surface area contributed by atoms with Crippen LogP contribution in [0.25, 0.3) is 0 Å². The first-order chi connectivity index (χ1) is 10.9. The Morgan fingerprint density at radius 2 is 1.74 bits per heavy atom. The molecule has 23 heavy (non-hydrogen) atoms. The molecule has 0 bridgehead atoms. The smallest absolute Gasteiger partial charge is 0.410 e. The summed E-state index contributed by atoms with van der Waals surface area (Å²) in [5.74, 6) is 0. The summed E-state index contributed by atoms with van der Waals surface area (Å²) in [7, 11) is 0. The number of ether oxygens (including phenoxy) is 1. The maximum atomic E-state index is 12.6. The Hall–Kier alpha value is -0.770. The van der Waals surface area contributed by atoms with Gasteiger partial charge < -0.3 is 15.0 Å². The second-order valence-corrected chi connectivity index (χ2v) is 8.90. The first kappa shape index (κ1) is 17.1. The van der Waals surface area contributed by atoms with Crippen molar-refractivity contribution < 1.29 is 9.53 Å². The summed E-state index contributed by atoms with van der Waals surface area (Å²) < 4.78 is 5.66. The first-order valence-electron chi connectivity index (χ1n) is 9.65. The SMILES string of the molecule is CC(C)(C)OC(=O)N1CCC(NC2CCCCC2)CC12CCC2. The van der Waals surface area contributed by atoms with Crippen LogP contribution in [-0.2, 0) is 4.74 Å². The molecule has 4 heteroatoms. The molecule has 0 aromatic rings. The Bertz CT molecular complexity index is 420. The molecular formula is C19H34N2O2. The highest BCUT2D eigenvalue weighted by atomic mass is 16.6. The number of piperidine rings is 1. The van der Waals surface area contributed by atoms with Crippen LogP contribution in [0, 0.1) is 0 Å². The summed E-state index contributed by atoms with van der Waals surface area (Å²) in [5.41, 5.74) is -0.327. The van der Waals surface area contributed by atoms with Crippen LogP contribution in [0.5, 0.6) is 0 Å². The Labute approximate surface area is 141 Å². The number of hydrogen-bond donors (Lipinski definition) is 1. The third-order valence-corrected chi connectivity index (χ3v) is 5.87. The Morgan fingerprint density at radius 3 is 2.30 bits per heavy atom. The highest BCUT2D eigenvalue weighted by Crippen LogP contribution is 2.45. The van der Waals surface area contributed by atoms with Crippen molar-refractivity contribution in [3.8, 4) is 0 Å². The van der Waals surface area contributed by atoms with E-state index in [4.69, 9.17) is 4.74 Å². The molecule has 1 N–H and O–H groups in total. The van der Waals surface area contributed by atoms with Crippen LogP contribution in [0.2, 0.25) is 0 Å². The lowest BCUT2D eigenvalue weighted by atomic mass is 9.69. The molecule has 3 rings (SSSR count). The highest BCUT2D eigenvalue weighted by Gasteiger charge is 2.49. The van der Waals surface area contributed by atoms with Crippen LogP contribution < -0.4 is 5.32 Å². The number of hydrogen-bond acceptors (Lipinski definition) is 3. The maximum Gasteiger partial charge on any atom is 0.410 e. The van der Waals surface area contributed by atoms with Crippen molar-refractivity contribution in [1.82, 2.24) is 10.2 Å². The van der Waals surface area contributed by atoms with E-state index in [1.54, 1.807) is 0 Å². The van der Waals surface area contributed by atoms with Gasteiger partial charge in [0.1, 0.15) is 5.60 Å². The molecule has 1 aliphatic heterocycles. The Balaban J connectivity index is 1.59. The van der Waals surface area contributed by atoms with Gasteiger partial charge in [0.25, 0.3) is 0 Å². The molecule has 132 valence electrons. The largest absolute Gasteiger partial charge is 0.444 e. The van der Waals surface area contributed by atoms with Gasteiger partial charge in [0.15, 0.2) is 0 Å². The van der Waals surface area contributed by atoms with Crippen molar-refractivity contribution >= 4 is 6.09 Å². The van der Waals surface area contributed by atoms with Gasteiger partial charge in [0, 0.05) is 24.2 Å². The van der Waals surface area contributed by atoms with Crippen LogP contribution >= 0.6 is 0 Å². The summed E-state index contributed by atoms with van der Waals surface area (Å²) in [6.45, 7) is 6.71. The third-order valence-electron chi connectivity index (χ3n) is 5.87. The van der Waals surface area contributed by atoms with E-state index in [2.05, 4.69) is 10.2 Å². The second-order valence-electron chi connectivity index (χ2n) is 8.90. The topological polar surface area (TPSA) is 41.6 Å². The van der Waals surface area contributed by atoms with Crippen LogP contribution in [0.4, 0.5) is 4.79 Å². The van der Waals surface area contributed by atoms with Crippen LogP contribution in [-0.4, -0.2) is 40.8 Å². The zero-order valence-corrected chi connectivity index (χ0v) is 15.2. The van der Waals surface area contributed by atoms with E-state index in [-0.39, 0.29) is 11.6 Å². The fourth-order valence-electron chi connectivity index (χ4n) is 4.60. The number of likely N-dealkylation sites (tertiary alicyclic amines) is 1. The lowest BCUT2D eigenvalue weighted by Gasteiger charge is -2.55. The summed E-state index contributed by atoms with van der Waals surface area (Å²) in [6, 6.07) is 1.29. The zero-order chi connectivity index (χ0) is 16.5. The van der Waals surface area contributed by atoms with Crippen molar-refractivity contribution in [2.45, 2.75) is 108 Å². The van der Waals surface area contributed by atoms with Crippen molar-refractivity contribution in [3.05, 3.63) is 0 Å². The van der Waals surface area contributed by atoms with Gasteiger partial charge >= 0.3 is 6.09 Å². The van der Waals surface area contributed by atoms with E-state index in [0.717, 1.165) is 32.2 Å². The number of amides is 1. The van der Waals surface area contributed by atoms with E-state index in [1.807, 2.05) is 20.8 Å². The van der Waals surface area contributed by atoms with Gasteiger partial charge in [0.2, 0.25) is 0 Å². The molecule has 0 aromatic carbocycles.